The van der Waals surface area contributed by atoms with Gasteiger partial charge in [-0.3, -0.25) is 9.59 Å². The van der Waals surface area contributed by atoms with Gasteiger partial charge in [-0.05, 0) is 0 Å². The van der Waals surface area contributed by atoms with Crippen LogP contribution in [0.4, 0.5) is 0 Å². The molecule has 0 aliphatic heterocycles. The molecule has 0 unspecified atom stereocenters. The molecule has 0 fully saturated rings. The summed E-state index contributed by atoms with van der Waals surface area (Å²) in [6.07, 6.45) is -0.303. The smallest absolute Gasteiger partial charge is 0.177 e. The van der Waals surface area contributed by atoms with Crippen molar-refractivity contribution in [3.05, 3.63) is 36.4 Å². The highest BCUT2D eigenvalue weighted by Crippen LogP contribution is 2.28. The molecule has 2 aromatic carbocycles. The van der Waals surface area contributed by atoms with Gasteiger partial charge in [-0.15, -0.1) is 0 Å². The van der Waals surface area contributed by atoms with Crippen LogP contribution in [0.3, 0.4) is 0 Å². The topological polar surface area (TPSA) is 89.5 Å². The van der Waals surface area contributed by atoms with Gasteiger partial charge in [-0.1, -0.05) is 0 Å². The molecule has 0 N–H and O–H groups in total. The highest BCUT2D eigenvalue weighted by molar-refractivity contribution is 6.00. The van der Waals surface area contributed by atoms with Crippen molar-refractivity contribution in [2.75, 3.05) is 41.7 Å². The number of carbonyl (C=O) groups is 2. The van der Waals surface area contributed by atoms with E-state index in [0.717, 1.165) is 0 Å². The van der Waals surface area contributed by atoms with Crippen molar-refractivity contribution in [2.45, 2.75) is 6.42 Å². The fourth-order valence-corrected chi connectivity index (χ4v) is 2.38. The summed E-state index contributed by atoms with van der Waals surface area (Å²) in [5.74, 6) is 2.20. The minimum atomic E-state index is -0.372. The van der Waals surface area contributed by atoms with Crippen molar-refractivity contribution < 1.29 is 38.0 Å². The van der Waals surface area contributed by atoms with Gasteiger partial charge < -0.3 is 28.4 Å². The predicted octanol–water partition coefficient (Wildman–Crippen LogP) is 2.71. The number of hydrogen-bond acceptors (Lipinski definition) is 8. The quantitative estimate of drug-likeness (QED) is 0.499. The Hall–Kier alpha value is -3.42. The first kappa shape index (κ1) is 21.9. The van der Waals surface area contributed by atoms with Crippen LogP contribution in [0.5, 0.6) is 34.5 Å². The first-order chi connectivity index (χ1) is 14.0. The second kappa shape index (κ2) is 10.8. The van der Waals surface area contributed by atoms with E-state index in [1.54, 1.807) is 36.4 Å². The number of hydrogen-bond donors (Lipinski definition) is 0. The van der Waals surface area contributed by atoms with Crippen LogP contribution in [-0.2, 0) is 9.59 Å². The monoisotopic (exact) mass is 404 g/mol. The van der Waals surface area contributed by atoms with E-state index in [-0.39, 0.29) is 31.2 Å². The zero-order valence-corrected chi connectivity index (χ0v) is 16.9. The molecular weight excluding hydrogens is 380 g/mol. The molecule has 0 radical (unpaired) electrons. The van der Waals surface area contributed by atoms with Gasteiger partial charge >= 0.3 is 0 Å². The molecule has 0 saturated heterocycles. The Kier molecular flexibility index (Phi) is 8.14. The number of benzene rings is 2. The number of methoxy groups -OCH3 is 4. The lowest BCUT2D eigenvalue weighted by Crippen LogP contribution is -2.20. The van der Waals surface area contributed by atoms with E-state index in [2.05, 4.69) is 0 Å². The van der Waals surface area contributed by atoms with Crippen LogP contribution in [0.25, 0.3) is 0 Å². The maximum atomic E-state index is 12.0. The number of carbonyl (C=O) groups excluding carboxylic acids is 2. The SMILES string of the molecule is COc1cc(OC)cc(OCC(=O)CC(=O)COc2cc(OC)cc(OC)c2)c1. The van der Waals surface area contributed by atoms with E-state index >= 15 is 0 Å². The average Bonchev–Trinajstić information content (AvgIpc) is 2.75. The highest BCUT2D eigenvalue weighted by atomic mass is 16.5. The van der Waals surface area contributed by atoms with Crippen LogP contribution in [-0.4, -0.2) is 53.2 Å². The van der Waals surface area contributed by atoms with Gasteiger partial charge in [0, 0.05) is 36.4 Å². The van der Waals surface area contributed by atoms with E-state index in [0.29, 0.717) is 34.5 Å². The molecule has 0 bridgehead atoms. The molecule has 0 saturated carbocycles. The van der Waals surface area contributed by atoms with Crippen LogP contribution in [0.1, 0.15) is 6.42 Å². The van der Waals surface area contributed by atoms with Crippen molar-refractivity contribution in [1.82, 2.24) is 0 Å². The van der Waals surface area contributed by atoms with Gasteiger partial charge in [-0.2, -0.15) is 0 Å². The molecule has 0 aromatic heterocycles. The molecule has 8 nitrogen and oxygen atoms in total. The number of ketones is 2. The second-order valence-corrected chi connectivity index (χ2v) is 5.93. The van der Waals surface area contributed by atoms with E-state index in [4.69, 9.17) is 28.4 Å². The molecule has 156 valence electrons. The van der Waals surface area contributed by atoms with Crippen molar-refractivity contribution in [1.29, 1.82) is 0 Å². The third-order valence-corrected chi connectivity index (χ3v) is 3.84. The van der Waals surface area contributed by atoms with E-state index in [9.17, 15) is 9.59 Å². The maximum absolute atomic E-state index is 12.0. The van der Waals surface area contributed by atoms with Crippen molar-refractivity contribution in [3.63, 3.8) is 0 Å². The number of rotatable bonds is 12. The summed E-state index contributed by atoms with van der Waals surface area (Å²) in [6.45, 7) is -0.510. The van der Waals surface area contributed by atoms with Crippen LogP contribution >= 0.6 is 0 Å². The molecule has 0 atom stereocenters. The van der Waals surface area contributed by atoms with Crippen molar-refractivity contribution >= 4 is 11.6 Å². The van der Waals surface area contributed by atoms with E-state index in [1.807, 2.05) is 0 Å². The molecule has 2 aromatic rings. The third-order valence-electron chi connectivity index (χ3n) is 3.84. The average molecular weight is 404 g/mol. The van der Waals surface area contributed by atoms with Crippen molar-refractivity contribution in [2.24, 2.45) is 0 Å². The normalized spacial score (nSPS) is 10.1. The van der Waals surface area contributed by atoms with Gasteiger partial charge in [-0.25, -0.2) is 0 Å². The number of ether oxygens (including phenoxy) is 6. The summed E-state index contributed by atoms with van der Waals surface area (Å²) in [5, 5.41) is 0. The summed E-state index contributed by atoms with van der Waals surface area (Å²) in [6, 6.07) is 9.86. The van der Waals surface area contributed by atoms with Crippen molar-refractivity contribution in [3.8, 4) is 34.5 Å². The first-order valence-corrected chi connectivity index (χ1v) is 8.72. The lowest BCUT2D eigenvalue weighted by molar-refractivity contribution is -0.129. The van der Waals surface area contributed by atoms with Gasteiger partial charge in [0.2, 0.25) is 0 Å². The van der Waals surface area contributed by atoms with Crippen LogP contribution < -0.4 is 28.4 Å². The summed E-state index contributed by atoms with van der Waals surface area (Å²) in [7, 11) is 6.06. The van der Waals surface area contributed by atoms with E-state index in [1.165, 1.54) is 28.4 Å². The molecule has 0 heterocycles. The molecule has 8 heteroatoms. The highest BCUT2D eigenvalue weighted by Gasteiger charge is 2.13. The summed E-state index contributed by atoms with van der Waals surface area (Å²) in [5.41, 5.74) is 0. The zero-order chi connectivity index (χ0) is 21.2. The molecule has 0 aliphatic rings. The van der Waals surface area contributed by atoms with E-state index < -0.39 is 0 Å². The molecule has 0 amide bonds. The minimum Gasteiger partial charge on any atom is -0.496 e. The van der Waals surface area contributed by atoms with Gasteiger partial charge in [0.15, 0.2) is 11.6 Å². The molecule has 2 rings (SSSR count). The maximum Gasteiger partial charge on any atom is 0.177 e. The van der Waals surface area contributed by atoms with Crippen LogP contribution in [0.2, 0.25) is 0 Å². The fourth-order valence-electron chi connectivity index (χ4n) is 2.38. The first-order valence-electron chi connectivity index (χ1n) is 8.72. The predicted molar refractivity (Wildman–Crippen MR) is 105 cm³/mol. The molecule has 0 spiro atoms. The number of Topliss-reactive ketones (excluding diaryl/α,β-unsaturated/α-hetero) is 2. The Balaban J connectivity index is 1.84. The molecule has 29 heavy (non-hydrogen) atoms. The standard InChI is InChI=1S/C21H24O8/c1-24-16-6-17(25-2)9-20(8-16)28-12-14(22)5-15(23)13-29-21-10-18(26-3)7-19(11-21)27-4/h6-11H,5,12-13H2,1-4H3. The Labute approximate surface area is 169 Å². The fraction of sp³-hybridized carbons (Fsp3) is 0.333. The lowest BCUT2D eigenvalue weighted by atomic mass is 10.2. The van der Waals surface area contributed by atoms with Gasteiger partial charge in [0.1, 0.15) is 47.7 Å². The van der Waals surface area contributed by atoms with Gasteiger partial charge in [0.25, 0.3) is 0 Å². The zero-order valence-electron chi connectivity index (χ0n) is 16.9. The molecular formula is C21H24O8. The Morgan fingerprint density at radius 2 is 0.828 bits per heavy atom. The summed E-state index contributed by atoms with van der Waals surface area (Å²) >= 11 is 0. The van der Waals surface area contributed by atoms with Crippen LogP contribution in [0.15, 0.2) is 36.4 Å². The molecule has 0 aliphatic carbocycles. The summed E-state index contributed by atoms with van der Waals surface area (Å²) < 4.78 is 31.5. The second-order valence-electron chi connectivity index (χ2n) is 5.93. The third kappa shape index (κ3) is 6.91. The Morgan fingerprint density at radius 1 is 0.552 bits per heavy atom. The Bertz CT molecular complexity index is 733. The Morgan fingerprint density at radius 3 is 1.10 bits per heavy atom. The van der Waals surface area contributed by atoms with Gasteiger partial charge in [0.05, 0.1) is 34.9 Å². The minimum absolute atomic E-state index is 0.255. The summed E-state index contributed by atoms with van der Waals surface area (Å²) in [4.78, 5) is 24.1. The van der Waals surface area contributed by atoms with Crippen LogP contribution in [0, 0.1) is 0 Å². The largest absolute Gasteiger partial charge is 0.496 e. The lowest BCUT2D eigenvalue weighted by Gasteiger charge is -2.11.